The summed E-state index contributed by atoms with van der Waals surface area (Å²) in [4.78, 5) is 26.4. The molecule has 1 aromatic carbocycles. The van der Waals surface area contributed by atoms with Crippen LogP contribution in [0, 0.1) is 12.8 Å². The smallest absolute Gasteiger partial charge is 0.313 e. The Morgan fingerprint density at radius 2 is 1.92 bits per heavy atom. The highest BCUT2D eigenvalue weighted by atomic mass is 35.5. The predicted octanol–water partition coefficient (Wildman–Crippen LogP) is 2.82. The van der Waals surface area contributed by atoms with Gasteiger partial charge in [0, 0.05) is 23.3 Å². The van der Waals surface area contributed by atoms with Gasteiger partial charge in [0.2, 0.25) is 0 Å². The van der Waals surface area contributed by atoms with Crippen LogP contribution in [0.4, 0.5) is 5.69 Å². The van der Waals surface area contributed by atoms with Crippen LogP contribution in [0.15, 0.2) is 18.2 Å². The Hall–Kier alpha value is -1.59. The van der Waals surface area contributed by atoms with Crippen LogP contribution in [0.5, 0.6) is 0 Å². The normalized spacial score (nSPS) is 16.2. The molecule has 0 saturated carbocycles. The first kappa shape index (κ1) is 18.7. The second-order valence-corrected chi connectivity index (χ2v) is 7.06. The van der Waals surface area contributed by atoms with Crippen LogP contribution in [0.25, 0.3) is 0 Å². The van der Waals surface area contributed by atoms with Gasteiger partial charge in [-0.3, -0.25) is 9.59 Å². The molecule has 1 fully saturated rings. The van der Waals surface area contributed by atoms with Crippen molar-refractivity contribution in [2.75, 3.05) is 25.0 Å². The highest BCUT2D eigenvalue weighted by Crippen LogP contribution is 2.23. The van der Waals surface area contributed by atoms with E-state index in [1.807, 2.05) is 0 Å². The van der Waals surface area contributed by atoms with E-state index in [2.05, 4.69) is 29.4 Å². The molecule has 0 bridgehead atoms. The number of anilines is 1. The number of carbonyl (C=O) groups excluding carboxylic acids is 2. The zero-order valence-electron chi connectivity index (χ0n) is 14.6. The number of nitrogens with zero attached hydrogens (tertiary/aromatic N) is 1. The lowest BCUT2D eigenvalue weighted by Gasteiger charge is -2.34. The maximum absolute atomic E-state index is 12.0. The van der Waals surface area contributed by atoms with Crippen LogP contribution < -0.4 is 10.6 Å². The molecule has 1 aromatic rings. The lowest BCUT2D eigenvalue weighted by Crippen LogP contribution is -2.43. The van der Waals surface area contributed by atoms with Crippen LogP contribution in [-0.4, -0.2) is 42.4 Å². The van der Waals surface area contributed by atoms with Crippen LogP contribution in [-0.2, 0) is 9.59 Å². The summed E-state index contributed by atoms with van der Waals surface area (Å²) in [6.07, 6.45) is 2.10. The molecule has 2 amide bonds. The highest BCUT2D eigenvalue weighted by molar-refractivity contribution is 6.40. The molecule has 2 rings (SSSR count). The lowest BCUT2D eigenvalue weighted by atomic mass is 9.96. The Labute approximate surface area is 148 Å². The molecule has 0 aromatic heterocycles. The standard InChI is InChI=1S/C18H26ClN3O2/c1-12(2)22-9-7-14(8-10-22)11-20-17(23)18(24)21-16-6-4-5-15(19)13(16)3/h4-6,12,14H,7-11H2,1-3H3,(H,20,23)(H,21,24). The molecule has 1 saturated heterocycles. The number of likely N-dealkylation sites (tertiary alicyclic amines) is 1. The number of piperidine rings is 1. The molecule has 0 atom stereocenters. The minimum atomic E-state index is -0.653. The van der Waals surface area contributed by atoms with Gasteiger partial charge in [0.15, 0.2) is 0 Å². The van der Waals surface area contributed by atoms with Crippen molar-refractivity contribution >= 4 is 29.1 Å². The number of hydrogen-bond acceptors (Lipinski definition) is 3. The summed E-state index contributed by atoms with van der Waals surface area (Å²) in [7, 11) is 0. The molecule has 1 aliphatic heterocycles. The van der Waals surface area contributed by atoms with Gasteiger partial charge in [0.1, 0.15) is 0 Å². The van der Waals surface area contributed by atoms with Gasteiger partial charge >= 0.3 is 11.8 Å². The van der Waals surface area contributed by atoms with Crippen molar-refractivity contribution in [1.29, 1.82) is 0 Å². The number of rotatable bonds is 4. The van der Waals surface area contributed by atoms with E-state index in [9.17, 15) is 9.59 Å². The summed E-state index contributed by atoms with van der Waals surface area (Å²) >= 11 is 6.02. The van der Waals surface area contributed by atoms with Gasteiger partial charge in [-0.25, -0.2) is 0 Å². The molecule has 132 valence electrons. The van der Waals surface area contributed by atoms with Gasteiger partial charge in [-0.1, -0.05) is 17.7 Å². The maximum atomic E-state index is 12.0. The van der Waals surface area contributed by atoms with Crippen molar-refractivity contribution < 1.29 is 9.59 Å². The third-order valence-electron chi connectivity index (χ3n) is 4.65. The summed E-state index contributed by atoms with van der Waals surface area (Å²) in [5.74, 6) is -0.815. The first-order chi connectivity index (χ1) is 11.4. The summed E-state index contributed by atoms with van der Waals surface area (Å²) in [5, 5.41) is 5.93. The summed E-state index contributed by atoms with van der Waals surface area (Å²) in [6, 6.07) is 5.78. The first-order valence-electron chi connectivity index (χ1n) is 8.46. The van der Waals surface area contributed by atoms with E-state index < -0.39 is 11.8 Å². The van der Waals surface area contributed by atoms with E-state index in [-0.39, 0.29) is 0 Å². The number of hydrogen-bond donors (Lipinski definition) is 2. The van der Waals surface area contributed by atoms with Crippen molar-refractivity contribution in [2.24, 2.45) is 5.92 Å². The summed E-state index contributed by atoms with van der Waals surface area (Å²) < 4.78 is 0. The van der Waals surface area contributed by atoms with Gasteiger partial charge in [-0.2, -0.15) is 0 Å². The predicted molar refractivity (Wildman–Crippen MR) is 97.3 cm³/mol. The molecule has 0 unspecified atom stereocenters. The van der Waals surface area contributed by atoms with Crippen LogP contribution in [0.2, 0.25) is 5.02 Å². The number of carbonyl (C=O) groups is 2. The third kappa shape index (κ3) is 4.95. The third-order valence-corrected chi connectivity index (χ3v) is 5.06. The van der Waals surface area contributed by atoms with Crippen molar-refractivity contribution in [2.45, 2.75) is 39.7 Å². The SMILES string of the molecule is Cc1c(Cl)cccc1NC(=O)C(=O)NCC1CCN(C(C)C)CC1. The van der Waals surface area contributed by atoms with Gasteiger partial charge in [0.25, 0.3) is 0 Å². The Balaban J connectivity index is 1.78. The van der Waals surface area contributed by atoms with E-state index in [0.717, 1.165) is 31.5 Å². The molecular weight excluding hydrogens is 326 g/mol. The Kier molecular flexibility index (Phi) is 6.63. The minimum absolute atomic E-state index is 0.435. The maximum Gasteiger partial charge on any atom is 0.313 e. The molecular formula is C18H26ClN3O2. The molecule has 1 heterocycles. The molecule has 24 heavy (non-hydrogen) atoms. The monoisotopic (exact) mass is 351 g/mol. The van der Waals surface area contributed by atoms with E-state index in [4.69, 9.17) is 11.6 Å². The second-order valence-electron chi connectivity index (χ2n) is 6.65. The van der Waals surface area contributed by atoms with Crippen molar-refractivity contribution in [3.05, 3.63) is 28.8 Å². The fourth-order valence-corrected chi connectivity index (χ4v) is 3.09. The fourth-order valence-electron chi connectivity index (χ4n) is 2.91. The largest absolute Gasteiger partial charge is 0.348 e. The molecule has 5 nitrogen and oxygen atoms in total. The molecule has 0 spiro atoms. The Bertz CT molecular complexity index is 596. The molecule has 1 aliphatic rings. The molecule has 2 N–H and O–H groups in total. The van der Waals surface area contributed by atoms with Crippen LogP contribution in [0.3, 0.4) is 0 Å². The molecule has 0 aliphatic carbocycles. The van der Waals surface area contributed by atoms with E-state index in [0.29, 0.717) is 29.2 Å². The van der Waals surface area contributed by atoms with E-state index >= 15 is 0 Å². The van der Waals surface area contributed by atoms with Crippen molar-refractivity contribution in [1.82, 2.24) is 10.2 Å². The zero-order valence-corrected chi connectivity index (χ0v) is 15.3. The average Bonchev–Trinajstić information content (AvgIpc) is 2.57. The molecule has 6 heteroatoms. The zero-order chi connectivity index (χ0) is 17.7. The van der Waals surface area contributed by atoms with Crippen LogP contribution >= 0.6 is 11.6 Å². The van der Waals surface area contributed by atoms with E-state index in [1.165, 1.54) is 0 Å². The highest BCUT2D eigenvalue weighted by Gasteiger charge is 2.22. The number of halogens is 1. The Morgan fingerprint density at radius 3 is 2.54 bits per heavy atom. The number of amides is 2. The van der Waals surface area contributed by atoms with Gasteiger partial charge in [-0.15, -0.1) is 0 Å². The first-order valence-corrected chi connectivity index (χ1v) is 8.84. The topological polar surface area (TPSA) is 61.4 Å². The quantitative estimate of drug-likeness (QED) is 0.820. The number of nitrogens with one attached hydrogen (secondary N) is 2. The second kappa shape index (κ2) is 8.49. The van der Waals surface area contributed by atoms with Crippen molar-refractivity contribution in [3.63, 3.8) is 0 Å². The fraction of sp³-hybridized carbons (Fsp3) is 0.556. The van der Waals surface area contributed by atoms with Crippen LogP contribution in [0.1, 0.15) is 32.3 Å². The lowest BCUT2D eigenvalue weighted by molar-refractivity contribution is -0.136. The van der Waals surface area contributed by atoms with Gasteiger partial charge in [-0.05, 0) is 70.3 Å². The van der Waals surface area contributed by atoms with E-state index in [1.54, 1.807) is 25.1 Å². The summed E-state index contributed by atoms with van der Waals surface area (Å²) in [6.45, 7) is 8.85. The molecule has 0 radical (unpaired) electrons. The van der Waals surface area contributed by atoms with Gasteiger partial charge in [0.05, 0.1) is 0 Å². The number of benzene rings is 1. The van der Waals surface area contributed by atoms with Gasteiger partial charge < -0.3 is 15.5 Å². The Morgan fingerprint density at radius 1 is 1.25 bits per heavy atom. The summed E-state index contributed by atoms with van der Waals surface area (Å²) in [5.41, 5.74) is 1.31. The van der Waals surface area contributed by atoms with Crippen molar-refractivity contribution in [3.8, 4) is 0 Å². The average molecular weight is 352 g/mol. The minimum Gasteiger partial charge on any atom is -0.348 e.